The van der Waals surface area contributed by atoms with Gasteiger partial charge in [-0.1, -0.05) is 0 Å². The van der Waals surface area contributed by atoms with E-state index < -0.39 is 5.41 Å². The molecule has 43 heavy (non-hydrogen) atoms. The van der Waals surface area contributed by atoms with Crippen molar-refractivity contribution in [3.63, 3.8) is 0 Å². The van der Waals surface area contributed by atoms with Gasteiger partial charge in [0.2, 0.25) is 0 Å². The summed E-state index contributed by atoms with van der Waals surface area (Å²) in [7, 11) is 0. The third-order valence-corrected chi connectivity index (χ3v) is 12.5. The maximum Gasteiger partial charge on any atom is 0.0729 e. The van der Waals surface area contributed by atoms with E-state index in [0.29, 0.717) is 0 Å². The third kappa shape index (κ3) is 3.53. The Hall–Kier alpha value is -3.52. The molecule has 0 spiro atoms. The Morgan fingerprint density at radius 3 is 0.721 bits per heavy atom. The summed E-state index contributed by atoms with van der Waals surface area (Å²) >= 11 is 0. The van der Waals surface area contributed by atoms with Crippen LogP contribution in [0, 0.1) is 111 Å². The molecule has 5 rings (SSSR count). The number of benzene rings is 4. The maximum atomic E-state index is 6.83. The molecule has 0 fully saturated rings. The molecule has 0 atom stereocenters. The average molecular weight is 573 g/mol. The zero-order valence-electron chi connectivity index (χ0n) is 29.7. The SMILES string of the molecule is Cc1c(C)c(C)c2c(c1C)-c1c(C)c(C)c(C)c(C)c1C2(c1c(C)c(C)c(N)c(C)c1C)c1c(C)c(C)c(N)c(C)c1C. The highest BCUT2D eigenvalue weighted by Gasteiger charge is 2.53. The van der Waals surface area contributed by atoms with Gasteiger partial charge in [-0.3, -0.25) is 0 Å². The van der Waals surface area contributed by atoms with E-state index >= 15 is 0 Å². The van der Waals surface area contributed by atoms with Crippen molar-refractivity contribution in [2.45, 2.75) is 116 Å². The second-order valence-electron chi connectivity index (χ2n) is 13.8. The lowest BCUT2D eigenvalue weighted by Gasteiger charge is -2.43. The first-order valence-corrected chi connectivity index (χ1v) is 15.8. The summed E-state index contributed by atoms with van der Waals surface area (Å²) in [6, 6.07) is 0. The van der Waals surface area contributed by atoms with Crippen LogP contribution in [0.5, 0.6) is 0 Å². The standard InChI is InChI=1S/C41H52N2/c1-17-19(3)23(7)37-33(21(17)5)34-22(6)18(2)20(4)24(8)38(34)41(37,35-25(9)29(13)39(42)30(14)26(35)10)36-27(11)31(15)40(43)32(16)28(36)12/h42-43H2,1-16H3. The van der Waals surface area contributed by atoms with E-state index in [9.17, 15) is 0 Å². The van der Waals surface area contributed by atoms with E-state index in [4.69, 9.17) is 11.5 Å². The first-order valence-electron chi connectivity index (χ1n) is 15.8. The van der Waals surface area contributed by atoms with Gasteiger partial charge in [0.05, 0.1) is 5.41 Å². The fourth-order valence-electron chi connectivity index (χ4n) is 8.75. The first-order chi connectivity index (χ1) is 19.9. The second-order valence-corrected chi connectivity index (χ2v) is 13.8. The topological polar surface area (TPSA) is 52.0 Å². The Morgan fingerprint density at radius 1 is 0.256 bits per heavy atom. The summed E-state index contributed by atoms with van der Waals surface area (Å²) in [5, 5.41) is 0. The van der Waals surface area contributed by atoms with Crippen LogP contribution >= 0.6 is 0 Å². The number of nitrogen functional groups attached to an aromatic ring is 2. The van der Waals surface area contributed by atoms with Crippen molar-refractivity contribution in [3.05, 3.63) is 111 Å². The van der Waals surface area contributed by atoms with Crippen LogP contribution in [0.3, 0.4) is 0 Å². The molecule has 2 nitrogen and oxygen atoms in total. The van der Waals surface area contributed by atoms with Crippen molar-refractivity contribution in [3.8, 4) is 11.1 Å². The predicted octanol–water partition coefficient (Wildman–Crippen LogP) is 10.1. The minimum absolute atomic E-state index is 0.528. The van der Waals surface area contributed by atoms with Gasteiger partial charge < -0.3 is 11.5 Å². The molecule has 4 N–H and O–H groups in total. The Labute approximate surface area is 260 Å². The minimum atomic E-state index is -0.528. The normalized spacial score (nSPS) is 13.5. The molecular formula is C41H52N2. The Balaban J connectivity index is 2.34. The molecular weight excluding hydrogens is 520 g/mol. The number of hydrogen-bond acceptors (Lipinski definition) is 2. The Bertz CT molecular complexity index is 1730. The van der Waals surface area contributed by atoms with E-state index in [1.807, 2.05) is 0 Å². The number of anilines is 2. The van der Waals surface area contributed by atoms with Crippen molar-refractivity contribution >= 4 is 11.4 Å². The smallest absolute Gasteiger partial charge is 0.0729 e. The van der Waals surface area contributed by atoms with Crippen LogP contribution in [-0.4, -0.2) is 0 Å². The van der Waals surface area contributed by atoms with Gasteiger partial charge >= 0.3 is 0 Å². The molecule has 1 aliphatic rings. The van der Waals surface area contributed by atoms with Crippen molar-refractivity contribution in [2.75, 3.05) is 11.5 Å². The molecule has 0 unspecified atom stereocenters. The highest BCUT2D eigenvalue weighted by Crippen LogP contribution is 2.64. The van der Waals surface area contributed by atoms with Gasteiger partial charge in [0, 0.05) is 11.4 Å². The molecule has 0 bridgehead atoms. The molecule has 4 aromatic carbocycles. The first kappa shape index (κ1) is 30.9. The van der Waals surface area contributed by atoms with Gasteiger partial charge in [0.15, 0.2) is 0 Å². The van der Waals surface area contributed by atoms with Crippen LogP contribution < -0.4 is 11.5 Å². The van der Waals surface area contributed by atoms with Crippen LogP contribution in [-0.2, 0) is 5.41 Å². The maximum absolute atomic E-state index is 6.83. The fraction of sp³-hybridized carbons (Fsp3) is 0.415. The van der Waals surface area contributed by atoms with E-state index in [0.717, 1.165) is 11.4 Å². The molecule has 2 heteroatoms. The molecule has 226 valence electrons. The van der Waals surface area contributed by atoms with Gasteiger partial charge in [-0.15, -0.1) is 0 Å². The Kier molecular flexibility index (Phi) is 7.01. The number of hydrogen-bond donors (Lipinski definition) is 2. The van der Waals surface area contributed by atoms with Gasteiger partial charge in [-0.25, -0.2) is 0 Å². The summed E-state index contributed by atoms with van der Waals surface area (Å²) in [6.45, 7) is 36.8. The molecule has 0 radical (unpaired) electrons. The largest absolute Gasteiger partial charge is 0.398 e. The van der Waals surface area contributed by atoms with Crippen LogP contribution in [0.15, 0.2) is 0 Å². The van der Waals surface area contributed by atoms with Crippen molar-refractivity contribution in [2.24, 2.45) is 0 Å². The molecule has 0 amide bonds. The van der Waals surface area contributed by atoms with Crippen molar-refractivity contribution < 1.29 is 0 Å². The monoisotopic (exact) mass is 572 g/mol. The minimum Gasteiger partial charge on any atom is -0.398 e. The summed E-state index contributed by atoms with van der Waals surface area (Å²) in [6.07, 6.45) is 0. The summed E-state index contributed by atoms with van der Waals surface area (Å²) in [5.74, 6) is 0. The lowest BCUT2D eigenvalue weighted by molar-refractivity contribution is 0.720. The van der Waals surface area contributed by atoms with Crippen LogP contribution in [0.25, 0.3) is 11.1 Å². The van der Waals surface area contributed by atoms with Gasteiger partial charge in [0.1, 0.15) is 0 Å². The number of rotatable bonds is 2. The highest BCUT2D eigenvalue weighted by molar-refractivity contribution is 5.95. The predicted molar refractivity (Wildman–Crippen MR) is 188 cm³/mol. The van der Waals surface area contributed by atoms with Gasteiger partial charge in [0.25, 0.3) is 0 Å². The van der Waals surface area contributed by atoms with E-state index in [2.05, 4.69) is 111 Å². The lowest BCUT2D eigenvalue weighted by atomic mass is 9.59. The third-order valence-electron chi connectivity index (χ3n) is 12.5. The van der Waals surface area contributed by atoms with E-state index in [1.165, 1.54) is 122 Å². The summed E-state index contributed by atoms with van der Waals surface area (Å²) in [5.41, 5.74) is 44.5. The van der Waals surface area contributed by atoms with Crippen LogP contribution in [0.2, 0.25) is 0 Å². The number of nitrogens with two attached hydrogens (primary N) is 2. The van der Waals surface area contributed by atoms with Crippen LogP contribution in [0.1, 0.15) is 111 Å². The average Bonchev–Trinajstić information content (AvgIpc) is 3.28. The zero-order chi connectivity index (χ0) is 32.4. The molecule has 0 aromatic heterocycles. The van der Waals surface area contributed by atoms with E-state index in [-0.39, 0.29) is 0 Å². The van der Waals surface area contributed by atoms with E-state index in [1.54, 1.807) is 0 Å². The zero-order valence-corrected chi connectivity index (χ0v) is 29.7. The molecule has 0 saturated heterocycles. The fourth-order valence-corrected chi connectivity index (χ4v) is 8.75. The summed E-state index contributed by atoms with van der Waals surface area (Å²) in [4.78, 5) is 0. The Morgan fingerprint density at radius 2 is 0.465 bits per heavy atom. The van der Waals surface area contributed by atoms with Gasteiger partial charge in [-0.05, 0) is 233 Å². The van der Waals surface area contributed by atoms with Crippen molar-refractivity contribution in [1.82, 2.24) is 0 Å². The summed E-state index contributed by atoms with van der Waals surface area (Å²) < 4.78 is 0. The quantitative estimate of drug-likeness (QED) is 0.207. The second kappa shape index (κ2) is 9.74. The molecule has 0 saturated carbocycles. The lowest BCUT2D eigenvalue weighted by Crippen LogP contribution is -2.36. The number of fused-ring (bicyclic) bond motifs is 3. The van der Waals surface area contributed by atoms with Crippen LogP contribution in [0.4, 0.5) is 11.4 Å². The highest BCUT2D eigenvalue weighted by atomic mass is 14.6. The molecule has 1 aliphatic carbocycles. The molecule has 0 aliphatic heterocycles. The van der Waals surface area contributed by atoms with Crippen molar-refractivity contribution in [1.29, 1.82) is 0 Å². The molecule has 0 heterocycles. The van der Waals surface area contributed by atoms with Gasteiger partial charge in [-0.2, -0.15) is 0 Å². The molecule has 4 aromatic rings.